The third-order valence-corrected chi connectivity index (χ3v) is 5.06. The molecule has 0 bridgehead atoms. The third kappa shape index (κ3) is 5.34. The van der Waals surface area contributed by atoms with Crippen molar-refractivity contribution >= 4 is 0 Å². The average Bonchev–Trinajstić information content (AvgIpc) is 3.28. The van der Waals surface area contributed by atoms with Crippen LogP contribution in [0.3, 0.4) is 0 Å². The van der Waals surface area contributed by atoms with E-state index in [0.717, 1.165) is 19.1 Å². The Morgan fingerprint density at radius 1 is 1.15 bits per heavy atom. The minimum absolute atomic E-state index is 0.301. The Hall–Kier alpha value is -0.120. The lowest BCUT2D eigenvalue weighted by Gasteiger charge is -2.41. The van der Waals surface area contributed by atoms with Gasteiger partial charge in [0, 0.05) is 25.7 Å². The monoisotopic (exact) mass is 282 g/mol. The summed E-state index contributed by atoms with van der Waals surface area (Å²) >= 11 is 0. The molecule has 0 aromatic carbocycles. The fraction of sp³-hybridized carbons (Fsp3) is 1.00. The van der Waals surface area contributed by atoms with Gasteiger partial charge in [0.05, 0.1) is 6.61 Å². The Morgan fingerprint density at radius 3 is 2.50 bits per heavy atom. The summed E-state index contributed by atoms with van der Waals surface area (Å²) in [7, 11) is 0. The maximum absolute atomic E-state index is 9.32. The molecular weight excluding hydrogens is 248 g/mol. The molecule has 20 heavy (non-hydrogen) atoms. The maximum atomic E-state index is 9.32. The highest BCUT2D eigenvalue weighted by Gasteiger charge is 2.35. The van der Waals surface area contributed by atoms with Crippen LogP contribution >= 0.6 is 0 Å². The molecule has 2 N–H and O–H groups in total. The van der Waals surface area contributed by atoms with E-state index in [2.05, 4.69) is 17.1 Å². The molecule has 0 spiro atoms. The molecule has 2 fully saturated rings. The van der Waals surface area contributed by atoms with Gasteiger partial charge in [-0.1, -0.05) is 32.6 Å². The van der Waals surface area contributed by atoms with Crippen LogP contribution in [0.1, 0.15) is 64.7 Å². The van der Waals surface area contributed by atoms with Gasteiger partial charge in [-0.3, -0.25) is 0 Å². The van der Waals surface area contributed by atoms with Gasteiger partial charge in [-0.25, -0.2) is 0 Å². The van der Waals surface area contributed by atoms with Crippen LogP contribution in [0.2, 0.25) is 0 Å². The van der Waals surface area contributed by atoms with Crippen LogP contribution in [0.25, 0.3) is 0 Å². The van der Waals surface area contributed by atoms with Crippen molar-refractivity contribution in [2.24, 2.45) is 5.41 Å². The summed E-state index contributed by atoms with van der Waals surface area (Å²) in [6.45, 7) is 6.95. The molecule has 3 nitrogen and oxygen atoms in total. The highest BCUT2D eigenvalue weighted by atomic mass is 16.3. The quantitative estimate of drug-likeness (QED) is 0.647. The van der Waals surface area contributed by atoms with E-state index in [1.165, 1.54) is 70.9 Å². The predicted octanol–water partition coefficient (Wildman–Crippen LogP) is 2.78. The van der Waals surface area contributed by atoms with Crippen LogP contribution in [-0.2, 0) is 0 Å². The standard InChI is InChI=1S/C17H34N2O/c1-2-3-11-19(12-13-20)15-17(9-5-4-6-10-17)14-18-16-7-8-16/h16,18,20H,2-15H2,1H3. The minimum Gasteiger partial charge on any atom is -0.395 e. The lowest BCUT2D eigenvalue weighted by atomic mass is 9.73. The molecule has 0 aliphatic heterocycles. The number of aliphatic hydroxyl groups excluding tert-OH is 1. The highest BCUT2D eigenvalue weighted by Crippen LogP contribution is 2.37. The van der Waals surface area contributed by atoms with Crippen molar-refractivity contribution < 1.29 is 5.11 Å². The van der Waals surface area contributed by atoms with Crippen molar-refractivity contribution in [2.75, 3.05) is 32.8 Å². The normalized spacial score (nSPS) is 22.4. The molecule has 0 unspecified atom stereocenters. The largest absolute Gasteiger partial charge is 0.395 e. The maximum Gasteiger partial charge on any atom is 0.0558 e. The Labute approximate surface area is 125 Å². The molecule has 2 aliphatic rings. The first-order valence-electron chi connectivity index (χ1n) is 8.84. The van der Waals surface area contributed by atoms with Crippen LogP contribution in [0.15, 0.2) is 0 Å². The van der Waals surface area contributed by atoms with Gasteiger partial charge in [-0.05, 0) is 44.1 Å². The summed E-state index contributed by atoms with van der Waals surface area (Å²) in [4.78, 5) is 2.52. The van der Waals surface area contributed by atoms with Crippen LogP contribution in [0.5, 0.6) is 0 Å². The van der Waals surface area contributed by atoms with Crippen molar-refractivity contribution in [3.8, 4) is 0 Å². The van der Waals surface area contributed by atoms with Crippen molar-refractivity contribution in [3.63, 3.8) is 0 Å². The van der Waals surface area contributed by atoms with Crippen molar-refractivity contribution in [1.82, 2.24) is 10.2 Å². The number of unbranched alkanes of at least 4 members (excludes halogenated alkanes) is 1. The average molecular weight is 282 g/mol. The molecule has 3 heteroatoms. The molecule has 0 aromatic heterocycles. The summed E-state index contributed by atoms with van der Waals surface area (Å²) in [5, 5.41) is 13.1. The molecule has 0 atom stereocenters. The number of rotatable bonds is 10. The summed E-state index contributed by atoms with van der Waals surface area (Å²) in [6, 6.07) is 0.815. The van der Waals surface area contributed by atoms with Crippen molar-refractivity contribution in [2.45, 2.75) is 70.8 Å². The first-order chi connectivity index (χ1) is 9.78. The highest BCUT2D eigenvalue weighted by molar-refractivity contribution is 4.91. The topological polar surface area (TPSA) is 35.5 Å². The van der Waals surface area contributed by atoms with E-state index >= 15 is 0 Å². The molecule has 2 saturated carbocycles. The fourth-order valence-electron chi connectivity index (χ4n) is 3.61. The van der Waals surface area contributed by atoms with E-state index < -0.39 is 0 Å². The first kappa shape index (κ1) is 16.3. The van der Waals surface area contributed by atoms with Gasteiger partial charge >= 0.3 is 0 Å². The van der Waals surface area contributed by atoms with Gasteiger partial charge in [0.2, 0.25) is 0 Å². The second kappa shape index (κ2) is 8.35. The number of nitrogens with one attached hydrogen (secondary N) is 1. The van der Waals surface area contributed by atoms with Gasteiger partial charge in [0.1, 0.15) is 0 Å². The predicted molar refractivity (Wildman–Crippen MR) is 85.0 cm³/mol. The zero-order valence-electron chi connectivity index (χ0n) is 13.4. The Morgan fingerprint density at radius 2 is 1.90 bits per heavy atom. The molecule has 2 rings (SSSR count). The van der Waals surface area contributed by atoms with Gasteiger partial charge in [-0.15, -0.1) is 0 Å². The molecule has 118 valence electrons. The molecular formula is C17H34N2O. The van der Waals surface area contributed by atoms with E-state index in [-0.39, 0.29) is 0 Å². The van der Waals surface area contributed by atoms with Crippen molar-refractivity contribution in [3.05, 3.63) is 0 Å². The molecule has 0 amide bonds. The lowest BCUT2D eigenvalue weighted by Crippen LogP contribution is -2.46. The van der Waals surface area contributed by atoms with Gasteiger partial charge < -0.3 is 15.3 Å². The van der Waals surface area contributed by atoms with Gasteiger partial charge in [0.25, 0.3) is 0 Å². The van der Waals surface area contributed by atoms with Crippen LogP contribution < -0.4 is 5.32 Å². The zero-order chi connectivity index (χ0) is 14.3. The summed E-state index contributed by atoms with van der Waals surface area (Å²) < 4.78 is 0. The van der Waals surface area contributed by atoms with E-state index in [1.807, 2.05) is 0 Å². The summed E-state index contributed by atoms with van der Waals surface area (Å²) in [5.74, 6) is 0. The summed E-state index contributed by atoms with van der Waals surface area (Å²) in [5.41, 5.74) is 0.476. The van der Waals surface area contributed by atoms with E-state index in [1.54, 1.807) is 0 Å². The third-order valence-electron chi connectivity index (χ3n) is 5.06. The number of hydrogen-bond acceptors (Lipinski definition) is 3. The Kier molecular flexibility index (Phi) is 6.79. The zero-order valence-corrected chi connectivity index (χ0v) is 13.4. The second-order valence-corrected chi connectivity index (χ2v) is 7.07. The minimum atomic E-state index is 0.301. The number of aliphatic hydroxyl groups is 1. The summed E-state index contributed by atoms with van der Waals surface area (Å²) in [6.07, 6.45) is 12.2. The molecule has 0 saturated heterocycles. The van der Waals surface area contributed by atoms with E-state index in [9.17, 15) is 5.11 Å². The molecule has 0 radical (unpaired) electrons. The number of nitrogens with zero attached hydrogens (tertiary/aromatic N) is 1. The van der Waals surface area contributed by atoms with E-state index in [4.69, 9.17) is 0 Å². The smallest absolute Gasteiger partial charge is 0.0558 e. The van der Waals surface area contributed by atoms with Crippen molar-refractivity contribution in [1.29, 1.82) is 0 Å². The van der Waals surface area contributed by atoms with E-state index in [0.29, 0.717) is 12.0 Å². The Balaban J connectivity index is 1.88. The molecule has 2 aliphatic carbocycles. The second-order valence-electron chi connectivity index (χ2n) is 7.07. The Bertz CT molecular complexity index is 260. The first-order valence-corrected chi connectivity index (χ1v) is 8.84. The molecule has 0 aromatic rings. The van der Waals surface area contributed by atoms with Gasteiger partial charge in [-0.2, -0.15) is 0 Å². The number of hydrogen-bond donors (Lipinski definition) is 2. The van der Waals surface area contributed by atoms with Crippen LogP contribution in [-0.4, -0.2) is 48.8 Å². The SMILES string of the molecule is CCCCN(CCO)CC1(CNC2CC2)CCCCC1. The molecule has 0 heterocycles. The fourth-order valence-corrected chi connectivity index (χ4v) is 3.61. The van der Waals surface area contributed by atoms with Crippen LogP contribution in [0, 0.1) is 5.41 Å². The lowest BCUT2D eigenvalue weighted by molar-refractivity contribution is 0.0874. The van der Waals surface area contributed by atoms with Crippen LogP contribution in [0.4, 0.5) is 0 Å². The van der Waals surface area contributed by atoms with Gasteiger partial charge in [0.15, 0.2) is 0 Å².